The van der Waals surface area contributed by atoms with Crippen LogP contribution >= 0.6 is 22.9 Å². The standard InChI is InChI=1S/C19H13ClN4OS/c20-14-11-13(5-6-16(14)24-10-9-21-12-24)22-18(25)7-8-19-23-15-3-1-2-4-17(15)26-19/h1-12H,(H,22,25)/b8-7+. The fraction of sp³-hybridized carbons (Fsp3) is 0. The second-order valence-corrected chi connectivity index (χ2v) is 6.95. The van der Waals surface area contributed by atoms with Crippen molar-refractivity contribution in [2.75, 3.05) is 5.32 Å². The van der Waals surface area contributed by atoms with Crippen molar-refractivity contribution in [2.45, 2.75) is 0 Å². The lowest BCUT2D eigenvalue weighted by molar-refractivity contribution is -0.111. The number of carbonyl (C=O) groups excluding carboxylic acids is 1. The zero-order valence-corrected chi connectivity index (χ0v) is 15.0. The van der Waals surface area contributed by atoms with E-state index in [4.69, 9.17) is 11.6 Å². The van der Waals surface area contributed by atoms with Crippen LogP contribution < -0.4 is 5.32 Å². The molecule has 2 heterocycles. The minimum atomic E-state index is -0.240. The summed E-state index contributed by atoms with van der Waals surface area (Å²) < 4.78 is 2.90. The predicted molar refractivity (Wildman–Crippen MR) is 106 cm³/mol. The summed E-state index contributed by atoms with van der Waals surface area (Å²) >= 11 is 7.84. The third-order valence-electron chi connectivity index (χ3n) is 3.69. The molecule has 26 heavy (non-hydrogen) atoms. The maximum Gasteiger partial charge on any atom is 0.248 e. The Kier molecular flexibility index (Phi) is 4.51. The molecule has 5 nitrogen and oxygen atoms in total. The number of carbonyl (C=O) groups is 1. The molecule has 2 aromatic carbocycles. The highest BCUT2D eigenvalue weighted by molar-refractivity contribution is 7.19. The van der Waals surface area contributed by atoms with Crippen molar-refractivity contribution >= 4 is 50.8 Å². The molecule has 4 rings (SSSR count). The number of halogens is 1. The highest BCUT2D eigenvalue weighted by Crippen LogP contribution is 2.25. The molecule has 4 aromatic rings. The normalized spacial score (nSPS) is 11.3. The molecule has 0 aliphatic rings. The first-order valence-electron chi connectivity index (χ1n) is 7.81. The van der Waals surface area contributed by atoms with E-state index < -0.39 is 0 Å². The maximum absolute atomic E-state index is 12.1. The second kappa shape index (κ2) is 7.11. The van der Waals surface area contributed by atoms with Crippen molar-refractivity contribution < 1.29 is 4.79 Å². The van der Waals surface area contributed by atoms with E-state index in [0.717, 1.165) is 20.9 Å². The number of imidazole rings is 1. The molecule has 7 heteroatoms. The van der Waals surface area contributed by atoms with Crippen LogP contribution in [-0.2, 0) is 4.79 Å². The molecular formula is C19H13ClN4OS. The number of nitrogens with zero attached hydrogens (tertiary/aromatic N) is 3. The minimum Gasteiger partial charge on any atom is -0.322 e. The molecule has 0 atom stereocenters. The molecule has 1 N–H and O–H groups in total. The van der Waals surface area contributed by atoms with Crippen LogP contribution in [0.1, 0.15) is 5.01 Å². The molecular weight excluding hydrogens is 368 g/mol. The lowest BCUT2D eigenvalue weighted by atomic mass is 10.2. The zero-order chi connectivity index (χ0) is 17.9. The molecule has 0 saturated heterocycles. The Labute approximate surface area is 158 Å². The molecule has 2 aromatic heterocycles. The topological polar surface area (TPSA) is 59.8 Å². The first-order valence-corrected chi connectivity index (χ1v) is 9.01. The van der Waals surface area contributed by atoms with Crippen molar-refractivity contribution in [3.63, 3.8) is 0 Å². The van der Waals surface area contributed by atoms with Gasteiger partial charge < -0.3 is 9.88 Å². The number of para-hydroxylation sites is 1. The number of rotatable bonds is 4. The summed E-state index contributed by atoms with van der Waals surface area (Å²) in [7, 11) is 0. The number of amides is 1. The predicted octanol–water partition coefficient (Wildman–Crippen LogP) is 4.79. The van der Waals surface area contributed by atoms with E-state index in [1.165, 1.54) is 6.08 Å². The molecule has 128 valence electrons. The Bertz CT molecular complexity index is 1070. The monoisotopic (exact) mass is 380 g/mol. The Balaban J connectivity index is 1.46. The van der Waals surface area contributed by atoms with Crippen molar-refractivity contribution in [1.82, 2.24) is 14.5 Å². The Morgan fingerprint density at radius 3 is 2.88 bits per heavy atom. The summed E-state index contributed by atoms with van der Waals surface area (Å²) in [6, 6.07) is 13.2. The van der Waals surface area contributed by atoms with Crippen molar-refractivity contribution in [3.05, 3.63) is 77.3 Å². The largest absolute Gasteiger partial charge is 0.322 e. The summed E-state index contributed by atoms with van der Waals surface area (Å²) in [5.74, 6) is -0.240. The van der Waals surface area contributed by atoms with Gasteiger partial charge >= 0.3 is 0 Å². The van der Waals surface area contributed by atoms with Crippen LogP contribution in [0.25, 0.3) is 22.0 Å². The molecule has 0 fully saturated rings. The second-order valence-electron chi connectivity index (χ2n) is 5.48. The number of hydrogen-bond acceptors (Lipinski definition) is 4. The van der Waals surface area contributed by atoms with E-state index in [2.05, 4.69) is 15.3 Å². The molecule has 0 radical (unpaired) electrons. The van der Waals surface area contributed by atoms with Crippen molar-refractivity contribution in [1.29, 1.82) is 0 Å². The van der Waals surface area contributed by atoms with Crippen molar-refractivity contribution in [2.24, 2.45) is 0 Å². The van der Waals surface area contributed by atoms with E-state index in [-0.39, 0.29) is 5.91 Å². The van der Waals surface area contributed by atoms with E-state index >= 15 is 0 Å². The number of anilines is 1. The average Bonchev–Trinajstić information content (AvgIpc) is 3.29. The first-order chi connectivity index (χ1) is 12.7. The van der Waals surface area contributed by atoms with Gasteiger partial charge in [0.2, 0.25) is 5.91 Å². The van der Waals surface area contributed by atoms with Gasteiger partial charge in [-0.2, -0.15) is 0 Å². The summed E-state index contributed by atoms with van der Waals surface area (Å²) in [6.07, 6.45) is 8.33. The fourth-order valence-electron chi connectivity index (χ4n) is 2.49. The summed E-state index contributed by atoms with van der Waals surface area (Å²) in [5.41, 5.74) is 2.35. The van der Waals surface area contributed by atoms with Gasteiger partial charge in [0.05, 0.1) is 27.3 Å². The molecule has 0 aliphatic heterocycles. The van der Waals surface area contributed by atoms with E-state index in [9.17, 15) is 4.79 Å². The van der Waals surface area contributed by atoms with E-state index in [1.807, 2.05) is 30.3 Å². The highest BCUT2D eigenvalue weighted by Gasteiger charge is 2.06. The zero-order valence-electron chi connectivity index (χ0n) is 13.5. The smallest absolute Gasteiger partial charge is 0.248 e. The quantitative estimate of drug-likeness (QED) is 0.518. The first kappa shape index (κ1) is 16.5. The van der Waals surface area contributed by atoms with Crippen LogP contribution in [0.4, 0.5) is 5.69 Å². The molecule has 0 spiro atoms. The number of thiazole rings is 1. The van der Waals surface area contributed by atoms with Crippen LogP contribution in [0.5, 0.6) is 0 Å². The molecule has 0 unspecified atom stereocenters. The molecule has 0 saturated carbocycles. The van der Waals surface area contributed by atoms with Gasteiger partial charge in [0.15, 0.2) is 0 Å². The lowest BCUT2D eigenvalue weighted by Gasteiger charge is -2.08. The Hall–Kier alpha value is -2.96. The average molecular weight is 381 g/mol. The number of benzene rings is 2. The van der Waals surface area contributed by atoms with Gasteiger partial charge in [-0.05, 0) is 36.4 Å². The minimum absolute atomic E-state index is 0.240. The van der Waals surface area contributed by atoms with Gasteiger partial charge in [0.25, 0.3) is 0 Å². The number of nitrogens with one attached hydrogen (secondary N) is 1. The van der Waals surface area contributed by atoms with Crippen molar-refractivity contribution in [3.8, 4) is 5.69 Å². The lowest BCUT2D eigenvalue weighted by Crippen LogP contribution is -2.08. The van der Waals surface area contributed by atoms with Crippen LogP contribution in [-0.4, -0.2) is 20.4 Å². The number of fused-ring (bicyclic) bond motifs is 1. The Morgan fingerprint density at radius 2 is 2.12 bits per heavy atom. The van der Waals surface area contributed by atoms with Crippen LogP contribution in [0.15, 0.2) is 67.3 Å². The SMILES string of the molecule is O=C(/C=C/c1nc2ccccc2s1)Nc1ccc(-n2ccnc2)c(Cl)c1. The van der Waals surface area contributed by atoms with Gasteiger partial charge in [-0.15, -0.1) is 11.3 Å². The van der Waals surface area contributed by atoms with Gasteiger partial charge in [-0.3, -0.25) is 4.79 Å². The Morgan fingerprint density at radius 1 is 1.23 bits per heavy atom. The maximum atomic E-state index is 12.1. The third kappa shape index (κ3) is 3.51. The number of aromatic nitrogens is 3. The fourth-order valence-corrected chi connectivity index (χ4v) is 3.64. The summed E-state index contributed by atoms with van der Waals surface area (Å²) in [5, 5.41) is 4.11. The van der Waals surface area contributed by atoms with Crippen LogP contribution in [0.3, 0.4) is 0 Å². The van der Waals surface area contributed by atoms with Gasteiger partial charge in [0.1, 0.15) is 5.01 Å². The van der Waals surface area contributed by atoms with Crippen LogP contribution in [0, 0.1) is 0 Å². The number of hydrogen-bond donors (Lipinski definition) is 1. The molecule has 1 amide bonds. The van der Waals surface area contributed by atoms with Gasteiger partial charge in [0, 0.05) is 24.2 Å². The van der Waals surface area contributed by atoms with Gasteiger partial charge in [-0.1, -0.05) is 23.7 Å². The van der Waals surface area contributed by atoms with Gasteiger partial charge in [-0.25, -0.2) is 9.97 Å². The summed E-state index contributed by atoms with van der Waals surface area (Å²) in [6.45, 7) is 0. The molecule has 0 aliphatic carbocycles. The van der Waals surface area contributed by atoms with E-state index in [1.54, 1.807) is 52.8 Å². The highest BCUT2D eigenvalue weighted by atomic mass is 35.5. The van der Waals surface area contributed by atoms with E-state index in [0.29, 0.717) is 10.7 Å². The van der Waals surface area contributed by atoms with Crippen LogP contribution in [0.2, 0.25) is 5.02 Å². The summed E-state index contributed by atoms with van der Waals surface area (Å²) in [4.78, 5) is 20.6. The third-order valence-corrected chi connectivity index (χ3v) is 4.99. The molecule has 0 bridgehead atoms.